The number of aromatic nitrogens is 3. The Labute approximate surface area is 146 Å². The van der Waals surface area contributed by atoms with Gasteiger partial charge >= 0.3 is 5.97 Å². The van der Waals surface area contributed by atoms with Gasteiger partial charge in [-0.3, -0.25) is 9.59 Å². The maximum atomic E-state index is 12.8. The zero-order valence-electron chi connectivity index (χ0n) is 14.5. The molecule has 2 heterocycles. The van der Waals surface area contributed by atoms with Crippen LogP contribution in [0.5, 0.6) is 0 Å². The van der Waals surface area contributed by atoms with Gasteiger partial charge in [-0.25, -0.2) is 4.68 Å². The molecule has 0 bridgehead atoms. The van der Waals surface area contributed by atoms with Crippen LogP contribution in [-0.4, -0.2) is 50.0 Å². The second kappa shape index (κ2) is 7.04. The quantitative estimate of drug-likeness (QED) is 0.920. The average molecular weight is 342 g/mol. The first kappa shape index (κ1) is 17.1. The molecule has 1 N–H and O–H groups in total. The first-order valence-corrected chi connectivity index (χ1v) is 8.46. The predicted octanol–water partition coefficient (Wildman–Crippen LogP) is 2.21. The minimum Gasteiger partial charge on any atom is -0.481 e. The normalized spacial score (nSPS) is 15.4. The molecule has 0 radical (unpaired) electrons. The number of hydrogen-bond donors (Lipinski definition) is 1. The SMILES string of the molecule is Cc1cccc(-n2nnc(C(=O)N3CCC(CC(=O)O)CC3)c2C)c1. The Kier molecular flexibility index (Phi) is 4.83. The summed E-state index contributed by atoms with van der Waals surface area (Å²) in [5, 5.41) is 17.1. The van der Waals surface area contributed by atoms with E-state index in [1.54, 1.807) is 9.58 Å². The van der Waals surface area contributed by atoms with Crippen LogP contribution in [0.15, 0.2) is 24.3 Å². The second-order valence-corrected chi connectivity index (χ2v) is 6.61. The largest absolute Gasteiger partial charge is 0.481 e. The van der Waals surface area contributed by atoms with Crippen LogP contribution in [0.25, 0.3) is 5.69 Å². The molecule has 0 atom stereocenters. The summed E-state index contributed by atoms with van der Waals surface area (Å²) in [7, 11) is 0. The molecule has 2 aromatic rings. The van der Waals surface area contributed by atoms with Crippen molar-refractivity contribution in [1.82, 2.24) is 19.9 Å². The highest BCUT2D eigenvalue weighted by Crippen LogP contribution is 2.22. The molecule has 0 unspecified atom stereocenters. The van der Waals surface area contributed by atoms with Crippen LogP contribution in [0.2, 0.25) is 0 Å². The molecular weight excluding hydrogens is 320 g/mol. The highest BCUT2D eigenvalue weighted by atomic mass is 16.4. The number of piperidine rings is 1. The van der Waals surface area contributed by atoms with E-state index < -0.39 is 5.97 Å². The number of aryl methyl sites for hydroxylation is 1. The molecule has 3 rings (SSSR count). The van der Waals surface area contributed by atoms with Gasteiger partial charge in [0.1, 0.15) is 0 Å². The number of amides is 1. The summed E-state index contributed by atoms with van der Waals surface area (Å²) in [5.74, 6) is -0.766. The lowest BCUT2D eigenvalue weighted by Crippen LogP contribution is -2.39. The fraction of sp³-hybridized carbons (Fsp3) is 0.444. The number of hydrogen-bond acceptors (Lipinski definition) is 4. The fourth-order valence-electron chi connectivity index (χ4n) is 3.27. The lowest BCUT2D eigenvalue weighted by atomic mass is 9.93. The van der Waals surface area contributed by atoms with Crippen LogP contribution in [-0.2, 0) is 4.79 Å². The minimum absolute atomic E-state index is 0.134. The van der Waals surface area contributed by atoms with Crippen molar-refractivity contribution in [1.29, 1.82) is 0 Å². The number of rotatable bonds is 4. The topological polar surface area (TPSA) is 88.3 Å². The van der Waals surface area contributed by atoms with Gasteiger partial charge < -0.3 is 10.0 Å². The Hall–Kier alpha value is -2.70. The zero-order valence-corrected chi connectivity index (χ0v) is 14.5. The third-order valence-electron chi connectivity index (χ3n) is 4.71. The van der Waals surface area contributed by atoms with Gasteiger partial charge in [0.25, 0.3) is 5.91 Å². The molecular formula is C18H22N4O3. The van der Waals surface area contributed by atoms with E-state index in [1.165, 1.54) is 0 Å². The van der Waals surface area contributed by atoms with Gasteiger partial charge in [0.15, 0.2) is 5.69 Å². The Morgan fingerprint density at radius 3 is 2.60 bits per heavy atom. The summed E-state index contributed by atoms with van der Waals surface area (Å²) in [6.07, 6.45) is 1.59. The van der Waals surface area contributed by atoms with Gasteiger partial charge in [-0.15, -0.1) is 5.10 Å². The number of aliphatic carboxylic acids is 1. The Morgan fingerprint density at radius 2 is 1.96 bits per heavy atom. The van der Waals surface area contributed by atoms with Gasteiger partial charge in [-0.1, -0.05) is 17.3 Å². The zero-order chi connectivity index (χ0) is 18.0. The van der Waals surface area contributed by atoms with E-state index in [0.29, 0.717) is 37.3 Å². The van der Waals surface area contributed by atoms with Crippen molar-refractivity contribution in [3.8, 4) is 5.69 Å². The molecule has 132 valence electrons. The highest BCUT2D eigenvalue weighted by Gasteiger charge is 2.28. The van der Waals surface area contributed by atoms with Gasteiger partial charge in [0.05, 0.1) is 11.4 Å². The number of benzene rings is 1. The number of carbonyl (C=O) groups excluding carboxylic acids is 1. The van der Waals surface area contributed by atoms with Crippen LogP contribution < -0.4 is 0 Å². The van der Waals surface area contributed by atoms with Crippen molar-refractivity contribution in [3.63, 3.8) is 0 Å². The lowest BCUT2D eigenvalue weighted by molar-refractivity contribution is -0.138. The lowest BCUT2D eigenvalue weighted by Gasteiger charge is -2.30. The van der Waals surface area contributed by atoms with Crippen LogP contribution in [0.3, 0.4) is 0 Å². The van der Waals surface area contributed by atoms with Gasteiger partial charge in [0, 0.05) is 19.5 Å². The Bertz CT molecular complexity index is 791. The molecule has 0 spiro atoms. The minimum atomic E-state index is -0.776. The maximum Gasteiger partial charge on any atom is 0.303 e. The van der Waals surface area contributed by atoms with Crippen molar-refractivity contribution in [2.45, 2.75) is 33.1 Å². The number of carboxylic acid groups (broad SMARTS) is 1. The van der Waals surface area contributed by atoms with E-state index in [9.17, 15) is 9.59 Å². The van der Waals surface area contributed by atoms with E-state index in [-0.39, 0.29) is 18.2 Å². The van der Waals surface area contributed by atoms with E-state index >= 15 is 0 Å². The van der Waals surface area contributed by atoms with Crippen molar-refractivity contribution in [2.24, 2.45) is 5.92 Å². The molecule has 7 nitrogen and oxygen atoms in total. The molecule has 1 aliphatic rings. The predicted molar refractivity (Wildman–Crippen MR) is 91.7 cm³/mol. The number of carboxylic acids is 1. The molecule has 1 amide bonds. The maximum absolute atomic E-state index is 12.8. The number of likely N-dealkylation sites (tertiary alicyclic amines) is 1. The van der Waals surface area contributed by atoms with Crippen LogP contribution in [0.1, 0.15) is 41.0 Å². The van der Waals surface area contributed by atoms with Crippen molar-refractivity contribution in [2.75, 3.05) is 13.1 Å². The summed E-state index contributed by atoms with van der Waals surface area (Å²) < 4.78 is 1.68. The summed E-state index contributed by atoms with van der Waals surface area (Å²) in [4.78, 5) is 25.3. The summed E-state index contributed by atoms with van der Waals surface area (Å²) in [6.45, 7) is 4.97. The van der Waals surface area contributed by atoms with E-state index in [2.05, 4.69) is 10.3 Å². The molecule has 1 saturated heterocycles. The first-order valence-electron chi connectivity index (χ1n) is 8.46. The molecule has 7 heteroatoms. The third kappa shape index (κ3) is 3.70. The Balaban J connectivity index is 1.73. The third-order valence-corrected chi connectivity index (χ3v) is 4.71. The van der Waals surface area contributed by atoms with E-state index in [4.69, 9.17) is 5.11 Å². The highest BCUT2D eigenvalue weighted by molar-refractivity contribution is 5.93. The standard InChI is InChI=1S/C18H22N4O3/c1-12-4-3-5-15(10-12)22-13(2)17(19-20-22)18(25)21-8-6-14(7-9-21)11-16(23)24/h3-5,10,14H,6-9,11H2,1-2H3,(H,23,24). The Morgan fingerprint density at radius 1 is 1.24 bits per heavy atom. The molecule has 0 saturated carbocycles. The smallest absolute Gasteiger partial charge is 0.303 e. The van der Waals surface area contributed by atoms with Crippen LogP contribution in [0.4, 0.5) is 0 Å². The molecule has 1 aromatic heterocycles. The van der Waals surface area contributed by atoms with Gasteiger partial charge in [-0.05, 0) is 50.3 Å². The first-order chi connectivity index (χ1) is 12.0. The fourth-order valence-corrected chi connectivity index (χ4v) is 3.27. The average Bonchev–Trinajstić information content (AvgIpc) is 2.96. The van der Waals surface area contributed by atoms with Crippen molar-refractivity contribution < 1.29 is 14.7 Å². The second-order valence-electron chi connectivity index (χ2n) is 6.61. The molecule has 1 aliphatic heterocycles. The van der Waals surface area contributed by atoms with E-state index in [1.807, 2.05) is 38.1 Å². The molecule has 0 aliphatic carbocycles. The number of nitrogens with zero attached hydrogens (tertiary/aromatic N) is 4. The molecule has 1 aromatic carbocycles. The summed E-state index contributed by atoms with van der Waals surface area (Å²) in [5.41, 5.74) is 3.06. The van der Waals surface area contributed by atoms with Crippen LogP contribution >= 0.6 is 0 Å². The summed E-state index contributed by atoms with van der Waals surface area (Å²) >= 11 is 0. The number of carbonyl (C=O) groups is 2. The van der Waals surface area contributed by atoms with Gasteiger partial charge in [-0.2, -0.15) is 0 Å². The molecule has 25 heavy (non-hydrogen) atoms. The monoisotopic (exact) mass is 342 g/mol. The van der Waals surface area contributed by atoms with Gasteiger partial charge in [0.2, 0.25) is 0 Å². The summed E-state index contributed by atoms with van der Waals surface area (Å²) in [6, 6.07) is 7.87. The van der Waals surface area contributed by atoms with E-state index in [0.717, 1.165) is 11.3 Å². The molecule has 1 fully saturated rings. The van der Waals surface area contributed by atoms with Crippen molar-refractivity contribution >= 4 is 11.9 Å². The van der Waals surface area contributed by atoms with Crippen molar-refractivity contribution in [3.05, 3.63) is 41.2 Å². The van der Waals surface area contributed by atoms with Crippen LogP contribution in [0, 0.1) is 19.8 Å².